The summed E-state index contributed by atoms with van der Waals surface area (Å²) in [6.45, 7) is 2.42. The van der Waals surface area contributed by atoms with Crippen molar-refractivity contribution >= 4 is 22.1 Å². The molecular weight excluding hydrogens is 256 g/mol. The first-order valence-electron chi connectivity index (χ1n) is 6.38. The van der Waals surface area contributed by atoms with Crippen molar-refractivity contribution in [1.29, 1.82) is 0 Å². The van der Waals surface area contributed by atoms with Crippen LogP contribution < -0.4 is 14.2 Å². The average molecular weight is 270 g/mol. The molecule has 0 fully saturated rings. The van der Waals surface area contributed by atoms with Gasteiger partial charge in [-0.1, -0.05) is 12.1 Å². The Morgan fingerprint density at radius 3 is 2.65 bits per heavy atom. The molecule has 1 heterocycles. The third kappa shape index (κ3) is 1.79. The van der Waals surface area contributed by atoms with Gasteiger partial charge in [-0.05, 0) is 25.1 Å². The zero-order valence-electron chi connectivity index (χ0n) is 11.3. The van der Waals surface area contributed by atoms with E-state index in [9.17, 15) is 5.21 Å². The summed E-state index contributed by atoms with van der Waals surface area (Å²) in [5.74, 6) is 1.12. The molecule has 5 nitrogen and oxygen atoms in total. The highest BCUT2D eigenvalue weighted by Gasteiger charge is 2.18. The van der Waals surface area contributed by atoms with Crippen LogP contribution in [0.3, 0.4) is 0 Å². The monoisotopic (exact) mass is 270 g/mol. The van der Waals surface area contributed by atoms with Crippen LogP contribution in [0.1, 0.15) is 6.92 Å². The molecule has 0 aliphatic carbocycles. The molecule has 0 saturated carbocycles. The Hall–Kier alpha value is -2.56. The van der Waals surface area contributed by atoms with Gasteiger partial charge in [0.15, 0.2) is 17.0 Å². The molecular formula is C15H14N2O3. The number of hydrogen-bond acceptors (Lipinski definition) is 4. The van der Waals surface area contributed by atoms with Crippen LogP contribution in [0.2, 0.25) is 0 Å². The van der Waals surface area contributed by atoms with Crippen molar-refractivity contribution in [3.63, 3.8) is 0 Å². The highest BCUT2D eigenvalue weighted by molar-refractivity contribution is 5.87. The van der Waals surface area contributed by atoms with Crippen molar-refractivity contribution in [3.8, 4) is 11.5 Å². The van der Waals surface area contributed by atoms with Crippen molar-refractivity contribution < 1.29 is 14.2 Å². The summed E-state index contributed by atoms with van der Waals surface area (Å²) in [6.07, 6.45) is 0. The molecule has 0 bridgehead atoms. The second-order valence-electron chi connectivity index (χ2n) is 4.29. The summed E-state index contributed by atoms with van der Waals surface area (Å²) in [7, 11) is 1.54. The number of methoxy groups -OCH3 is 1. The number of hydrogen-bond donors (Lipinski definition) is 0. The van der Waals surface area contributed by atoms with Crippen molar-refractivity contribution in [1.82, 2.24) is 4.98 Å². The minimum Gasteiger partial charge on any atom is -0.618 e. The fourth-order valence-electron chi connectivity index (χ4n) is 2.27. The largest absolute Gasteiger partial charge is 0.618 e. The fraction of sp³-hybridized carbons (Fsp3) is 0.200. The molecule has 0 amide bonds. The van der Waals surface area contributed by atoms with E-state index in [1.54, 1.807) is 24.3 Å². The maximum absolute atomic E-state index is 12.6. The van der Waals surface area contributed by atoms with E-state index in [1.165, 1.54) is 7.11 Å². The van der Waals surface area contributed by atoms with Gasteiger partial charge in [0.1, 0.15) is 5.52 Å². The highest BCUT2D eigenvalue weighted by atomic mass is 16.5. The van der Waals surface area contributed by atoms with Gasteiger partial charge in [0.25, 0.3) is 5.52 Å². The van der Waals surface area contributed by atoms with Crippen molar-refractivity contribution in [2.45, 2.75) is 6.92 Å². The van der Waals surface area contributed by atoms with Crippen LogP contribution in [0.25, 0.3) is 22.1 Å². The summed E-state index contributed by atoms with van der Waals surface area (Å²) in [4.78, 5) is 4.54. The third-order valence-corrected chi connectivity index (χ3v) is 3.13. The normalized spacial score (nSPS) is 10.9. The molecule has 20 heavy (non-hydrogen) atoms. The highest BCUT2D eigenvalue weighted by Crippen LogP contribution is 2.27. The first kappa shape index (κ1) is 12.5. The van der Waals surface area contributed by atoms with E-state index in [0.717, 1.165) is 4.73 Å². The molecule has 0 radical (unpaired) electrons. The van der Waals surface area contributed by atoms with Crippen LogP contribution in [-0.2, 0) is 0 Å². The lowest BCUT2D eigenvalue weighted by Gasteiger charge is -2.10. The number of nitrogens with zero attached hydrogens (tertiary/aromatic N) is 2. The topological polar surface area (TPSA) is 58.3 Å². The number of fused-ring (bicyclic) bond motifs is 2. The van der Waals surface area contributed by atoms with E-state index in [2.05, 4.69) is 4.98 Å². The van der Waals surface area contributed by atoms with Gasteiger partial charge < -0.3 is 14.7 Å². The van der Waals surface area contributed by atoms with Crippen molar-refractivity contribution in [2.75, 3.05) is 13.7 Å². The summed E-state index contributed by atoms with van der Waals surface area (Å²) in [6, 6.07) is 10.7. The van der Waals surface area contributed by atoms with Gasteiger partial charge in [0, 0.05) is 6.07 Å². The summed E-state index contributed by atoms with van der Waals surface area (Å²) in [5, 5.41) is 12.6. The summed E-state index contributed by atoms with van der Waals surface area (Å²) in [5.41, 5.74) is 2.04. The molecule has 3 aromatic rings. The second-order valence-corrected chi connectivity index (χ2v) is 4.29. The second kappa shape index (κ2) is 4.85. The standard InChI is InChI=1S/C15H14N2O3/c1-3-20-12-8-5-7-11-14(12)16-10-6-4-9-13(19-2)15(10)17(11)18/h4-9H,3H2,1-2H3. The minimum absolute atomic E-state index is 0.427. The molecule has 1 aromatic heterocycles. The predicted octanol–water partition coefficient (Wildman–Crippen LogP) is 2.43. The number of ether oxygens (including phenoxy) is 2. The summed E-state index contributed by atoms with van der Waals surface area (Å²) < 4.78 is 11.6. The van der Waals surface area contributed by atoms with E-state index in [1.807, 2.05) is 19.1 Å². The zero-order valence-corrected chi connectivity index (χ0v) is 11.3. The number of aromatic nitrogens is 2. The number of rotatable bonds is 3. The maximum Gasteiger partial charge on any atom is 0.285 e. The maximum atomic E-state index is 12.6. The van der Waals surface area contributed by atoms with Crippen LogP contribution in [0.15, 0.2) is 36.4 Å². The Labute approximate surface area is 116 Å². The molecule has 0 saturated heterocycles. The molecule has 102 valence electrons. The Kier molecular flexibility index (Phi) is 3.02. The van der Waals surface area contributed by atoms with Crippen LogP contribution in [0.4, 0.5) is 0 Å². The van der Waals surface area contributed by atoms with Gasteiger partial charge >= 0.3 is 0 Å². The zero-order chi connectivity index (χ0) is 14.1. The first-order valence-corrected chi connectivity index (χ1v) is 6.38. The van der Waals surface area contributed by atoms with Crippen LogP contribution >= 0.6 is 0 Å². The van der Waals surface area contributed by atoms with Gasteiger partial charge in [-0.2, -0.15) is 4.73 Å². The summed E-state index contributed by atoms with van der Waals surface area (Å²) >= 11 is 0. The molecule has 0 atom stereocenters. The van der Waals surface area contributed by atoms with Gasteiger partial charge in [-0.25, -0.2) is 4.98 Å². The smallest absolute Gasteiger partial charge is 0.285 e. The SMILES string of the molecule is CCOc1cccc2c1nc1cccc(OC)c1[n+]2[O-]. The Balaban J connectivity index is 2.44. The molecule has 0 aliphatic rings. The van der Waals surface area contributed by atoms with Crippen LogP contribution in [-0.4, -0.2) is 18.7 Å². The quantitative estimate of drug-likeness (QED) is 0.416. The van der Waals surface area contributed by atoms with Crippen LogP contribution in [0.5, 0.6) is 11.5 Å². The van der Waals surface area contributed by atoms with E-state index in [-0.39, 0.29) is 0 Å². The molecule has 0 aliphatic heterocycles. The van der Waals surface area contributed by atoms with Crippen molar-refractivity contribution in [3.05, 3.63) is 41.6 Å². The Bertz CT molecular complexity index is 787. The molecule has 0 N–H and O–H groups in total. The Morgan fingerprint density at radius 2 is 1.90 bits per heavy atom. The first-order chi connectivity index (χ1) is 9.76. The van der Waals surface area contributed by atoms with E-state index < -0.39 is 0 Å². The molecule has 0 spiro atoms. The van der Waals surface area contributed by atoms with Gasteiger partial charge in [-0.15, -0.1) is 0 Å². The third-order valence-electron chi connectivity index (χ3n) is 3.13. The van der Waals surface area contributed by atoms with Gasteiger partial charge in [-0.3, -0.25) is 0 Å². The van der Waals surface area contributed by atoms with E-state index >= 15 is 0 Å². The Morgan fingerprint density at radius 1 is 1.15 bits per heavy atom. The lowest BCUT2D eigenvalue weighted by molar-refractivity contribution is -0.548. The van der Waals surface area contributed by atoms with Crippen LogP contribution in [0, 0.1) is 5.21 Å². The number of benzene rings is 2. The molecule has 5 heteroatoms. The minimum atomic E-state index is 0.427. The average Bonchev–Trinajstić information content (AvgIpc) is 2.48. The lowest BCUT2D eigenvalue weighted by Crippen LogP contribution is -2.29. The van der Waals surface area contributed by atoms with Gasteiger partial charge in [0.05, 0.1) is 13.7 Å². The van der Waals surface area contributed by atoms with Gasteiger partial charge in [0.2, 0.25) is 5.52 Å². The van der Waals surface area contributed by atoms with E-state index in [0.29, 0.717) is 40.2 Å². The number of para-hydroxylation sites is 2. The molecule has 0 unspecified atom stereocenters. The molecule has 3 rings (SSSR count). The lowest BCUT2D eigenvalue weighted by atomic mass is 10.2. The van der Waals surface area contributed by atoms with Crippen molar-refractivity contribution in [2.24, 2.45) is 0 Å². The fourth-order valence-corrected chi connectivity index (χ4v) is 2.27. The van der Waals surface area contributed by atoms with E-state index in [4.69, 9.17) is 9.47 Å². The predicted molar refractivity (Wildman–Crippen MR) is 75.9 cm³/mol. The molecule has 2 aromatic carbocycles.